The van der Waals surface area contributed by atoms with Crippen molar-refractivity contribution < 1.29 is 19.6 Å². The van der Waals surface area contributed by atoms with Crippen molar-refractivity contribution in [2.45, 2.75) is 18.9 Å². The van der Waals surface area contributed by atoms with Crippen LogP contribution in [-0.4, -0.2) is 60.0 Å². The highest BCUT2D eigenvalue weighted by Crippen LogP contribution is 2.23. The van der Waals surface area contributed by atoms with Gasteiger partial charge in [-0.15, -0.1) is 0 Å². The Kier molecular flexibility index (Phi) is 7.80. The summed E-state index contributed by atoms with van der Waals surface area (Å²) in [7, 11) is 3.82. The van der Waals surface area contributed by atoms with Crippen molar-refractivity contribution in [3.8, 4) is 0 Å². The fraction of sp³-hybridized carbons (Fsp3) is 0.467. The van der Waals surface area contributed by atoms with E-state index in [1.165, 1.54) is 18.2 Å². The zero-order valence-corrected chi connectivity index (χ0v) is 13.7. The minimum absolute atomic E-state index is 0.0456. The Morgan fingerprint density at radius 1 is 1.33 bits per heavy atom. The summed E-state index contributed by atoms with van der Waals surface area (Å²) in [5.74, 6) is -1.74. The van der Waals surface area contributed by atoms with Gasteiger partial charge in [0.2, 0.25) is 5.91 Å². The number of hydrogen-bond donors (Lipinski definition) is 3. The average Bonchev–Trinajstić information content (AvgIpc) is 2.50. The quantitative estimate of drug-likeness (QED) is 0.329. The topological polar surface area (TPSA) is 125 Å². The van der Waals surface area contributed by atoms with Gasteiger partial charge in [-0.1, -0.05) is 12.1 Å². The predicted molar refractivity (Wildman–Crippen MR) is 88.9 cm³/mol. The number of aliphatic carboxylic acids is 1. The summed E-state index contributed by atoms with van der Waals surface area (Å²) in [6.07, 6.45) is 0.423. The molecule has 0 fully saturated rings. The molecule has 0 heterocycles. The maximum atomic E-state index is 12.0. The van der Waals surface area contributed by atoms with E-state index in [1.807, 2.05) is 19.0 Å². The normalized spacial score (nSPS) is 12.0. The molecule has 132 valence electrons. The van der Waals surface area contributed by atoms with E-state index in [2.05, 4.69) is 10.6 Å². The van der Waals surface area contributed by atoms with Crippen LogP contribution in [0.2, 0.25) is 0 Å². The third kappa shape index (κ3) is 6.71. The number of anilines is 1. The molecular formula is C15H22N4O5. The largest absolute Gasteiger partial charge is 0.480 e. The lowest BCUT2D eigenvalue weighted by molar-refractivity contribution is -0.383. The molecule has 1 aromatic rings. The van der Waals surface area contributed by atoms with Crippen LogP contribution < -0.4 is 10.6 Å². The average molecular weight is 338 g/mol. The van der Waals surface area contributed by atoms with E-state index in [4.69, 9.17) is 0 Å². The number of carbonyl (C=O) groups excluding carboxylic acids is 1. The molecule has 1 atom stereocenters. The Morgan fingerprint density at radius 2 is 2.00 bits per heavy atom. The van der Waals surface area contributed by atoms with Gasteiger partial charge < -0.3 is 20.6 Å². The molecule has 0 radical (unpaired) electrons. The molecule has 1 rings (SSSR count). The van der Waals surface area contributed by atoms with Crippen molar-refractivity contribution in [2.75, 3.05) is 32.5 Å². The van der Waals surface area contributed by atoms with Crippen LogP contribution >= 0.6 is 0 Å². The van der Waals surface area contributed by atoms with Crippen LogP contribution in [-0.2, 0) is 9.59 Å². The third-order valence-electron chi connectivity index (χ3n) is 3.24. The van der Waals surface area contributed by atoms with Gasteiger partial charge in [-0.2, -0.15) is 0 Å². The molecule has 3 N–H and O–H groups in total. The first kappa shape index (κ1) is 19.5. The van der Waals surface area contributed by atoms with Crippen LogP contribution in [0, 0.1) is 10.1 Å². The number of para-hydroxylation sites is 2. The van der Waals surface area contributed by atoms with Crippen LogP contribution in [0.25, 0.3) is 0 Å². The predicted octanol–water partition coefficient (Wildman–Crippen LogP) is 0.918. The standard InChI is InChI=1S/C15H22N4O5/c1-18(2)9-5-8-16-12(15(21)22)10-14(20)17-11-6-3-4-7-13(11)19(23)24/h3-4,6-7,12,16H,5,8-10H2,1-2H3,(H,17,20)(H,21,22). The summed E-state index contributed by atoms with van der Waals surface area (Å²) in [6, 6.07) is 4.66. The Morgan fingerprint density at radius 3 is 2.58 bits per heavy atom. The molecular weight excluding hydrogens is 316 g/mol. The molecule has 0 aliphatic rings. The van der Waals surface area contributed by atoms with Gasteiger partial charge in [0.25, 0.3) is 5.69 Å². The molecule has 0 spiro atoms. The van der Waals surface area contributed by atoms with Crippen LogP contribution in [0.15, 0.2) is 24.3 Å². The lowest BCUT2D eigenvalue weighted by atomic mass is 10.2. The van der Waals surface area contributed by atoms with Crippen LogP contribution in [0.5, 0.6) is 0 Å². The highest BCUT2D eigenvalue weighted by Gasteiger charge is 2.22. The van der Waals surface area contributed by atoms with Crippen LogP contribution in [0.1, 0.15) is 12.8 Å². The second kappa shape index (κ2) is 9.58. The third-order valence-corrected chi connectivity index (χ3v) is 3.24. The number of carboxylic acids is 1. The van der Waals surface area contributed by atoms with E-state index in [0.29, 0.717) is 6.54 Å². The molecule has 0 aromatic heterocycles. The summed E-state index contributed by atoms with van der Waals surface area (Å²) in [4.78, 5) is 35.5. The molecule has 1 amide bonds. The van der Waals surface area contributed by atoms with Crippen LogP contribution in [0.4, 0.5) is 11.4 Å². The summed E-state index contributed by atoms with van der Waals surface area (Å²) in [5, 5.41) is 25.3. The zero-order valence-electron chi connectivity index (χ0n) is 13.7. The number of carboxylic acid groups (broad SMARTS) is 1. The molecule has 1 unspecified atom stereocenters. The lowest BCUT2D eigenvalue weighted by Gasteiger charge is -2.15. The highest BCUT2D eigenvalue weighted by molar-refractivity contribution is 5.95. The first-order valence-corrected chi connectivity index (χ1v) is 7.45. The number of benzene rings is 1. The van der Waals surface area contributed by atoms with E-state index >= 15 is 0 Å². The first-order chi connectivity index (χ1) is 11.3. The zero-order chi connectivity index (χ0) is 18.1. The van der Waals surface area contributed by atoms with E-state index in [-0.39, 0.29) is 17.8 Å². The SMILES string of the molecule is CN(C)CCCNC(CC(=O)Nc1ccccc1[N+](=O)[O-])C(=O)O. The number of rotatable bonds is 10. The lowest BCUT2D eigenvalue weighted by Crippen LogP contribution is -2.40. The highest BCUT2D eigenvalue weighted by atomic mass is 16.6. The minimum atomic E-state index is -1.14. The second-order valence-electron chi connectivity index (χ2n) is 5.53. The van der Waals surface area contributed by atoms with Gasteiger partial charge >= 0.3 is 5.97 Å². The van der Waals surface area contributed by atoms with Crippen molar-refractivity contribution in [3.05, 3.63) is 34.4 Å². The molecule has 24 heavy (non-hydrogen) atoms. The van der Waals surface area contributed by atoms with Crippen molar-refractivity contribution in [1.29, 1.82) is 0 Å². The molecule has 0 saturated carbocycles. The molecule has 0 bridgehead atoms. The number of nitrogens with one attached hydrogen (secondary N) is 2. The number of nitrogens with zero attached hydrogens (tertiary/aromatic N) is 2. The van der Waals surface area contributed by atoms with Crippen molar-refractivity contribution in [2.24, 2.45) is 0 Å². The molecule has 9 nitrogen and oxygen atoms in total. The molecule has 1 aromatic carbocycles. The Balaban J connectivity index is 2.60. The fourth-order valence-electron chi connectivity index (χ4n) is 2.04. The van der Waals surface area contributed by atoms with E-state index in [0.717, 1.165) is 13.0 Å². The van der Waals surface area contributed by atoms with E-state index in [1.54, 1.807) is 6.07 Å². The van der Waals surface area contributed by atoms with Gasteiger partial charge in [0.15, 0.2) is 0 Å². The molecule has 9 heteroatoms. The Hall–Kier alpha value is -2.52. The van der Waals surface area contributed by atoms with Gasteiger partial charge in [0.05, 0.1) is 11.3 Å². The smallest absolute Gasteiger partial charge is 0.321 e. The summed E-state index contributed by atoms with van der Waals surface area (Å²) in [5.41, 5.74) is -0.194. The van der Waals surface area contributed by atoms with Gasteiger partial charge in [-0.25, -0.2) is 0 Å². The number of nitro benzene ring substituents is 1. The van der Waals surface area contributed by atoms with Gasteiger partial charge in [0.1, 0.15) is 11.7 Å². The Labute approximate surface area is 139 Å². The molecule has 0 aliphatic heterocycles. The maximum Gasteiger partial charge on any atom is 0.321 e. The Bertz CT molecular complexity index is 591. The monoisotopic (exact) mass is 338 g/mol. The second-order valence-corrected chi connectivity index (χ2v) is 5.53. The summed E-state index contributed by atoms with van der Waals surface area (Å²) in [6.45, 7) is 1.25. The number of amides is 1. The van der Waals surface area contributed by atoms with Gasteiger partial charge in [0, 0.05) is 6.07 Å². The minimum Gasteiger partial charge on any atom is -0.480 e. The van der Waals surface area contributed by atoms with Crippen LogP contribution in [0.3, 0.4) is 0 Å². The van der Waals surface area contributed by atoms with Crippen molar-refractivity contribution in [3.63, 3.8) is 0 Å². The summed E-state index contributed by atoms with van der Waals surface area (Å²) < 4.78 is 0. The molecule has 0 saturated heterocycles. The van der Waals surface area contributed by atoms with Crippen molar-refractivity contribution >= 4 is 23.3 Å². The summed E-state index contributed by atoms with van der Waals surface area (Å²) >= 11 is 0. The van der Waals surface area contributed by atoms with Gasteiger partial charge in [-0.05, 0) is 39.7 Å². The number of nitro groups is 1. The van der Waals surface area contributed by atoms with Crippen molar-refractivity contribution in [1.82, 2.24) is 10.2 Å². The van der Waals surface area contributed by atoms with E-state index in [9.17, 15) is 24.8 Å². The van der Waals surface area contributed by atoms with E-state index < -0.39 is 22.8 Å². The fourth-order valence-corrected chi connectivity index (χ4v) is 2.04. The van der Waals surface area contributed by atoms with Gasteiger partial charge in [-0.3, -0.25) is 19.7 Å². The maximum absolute atomic E-state index is 12.0. The number of hydrogen-bond acceptors (Lipinski definition) is 6. The first-order valence-electron chi connectivity index (χ1n) is 7.45. The molecule has 0 aliphatic carbocycles. The number of carbonyl (C=O) groups is 2.